The van der Waals surface area contributed by atoms with Gasteiger partial charge in [0.15, 0.2) is 0 Å². The van der Waals surface area contributed by atoms with Crippen LogP contribution in [0.15, 0.2) is 77.7 Å². The number of hydrogen-bond donors (Lipinski definition) is 5. The van der Waals surface area contributed by atoms with Gasteiger partial charge in [0.25, 0.3) is 11.8 Å². The molecule has 1 fully saturated rings. The molecule has 1 saturated carbocycles. The van der Waals surface area contributed by atoms with Gasteiger partial charge in [0, 0.05) is 35.3 Å². The standard InChI is InChI=1S/C42H47N3O9S2/c46-25-5-24-45(33-22-18-30(19-23-33)42(51)52)56(53,54)34-9-4-8-31(26-34)38(47)44-40-37(35-10-1-2-11-36(35)55-40)39(48)43-32-20-14-28(15-21-32)7-3-6-27-12-16-29(17-13-27)41(49)50/h4,8-9,12-17,20-21,26,30,33,46H,1-3,5-7,10-11,18-19,22-25H2,(H,43,48)(H,44,47)(H,49,50)(H,51,52). The number of aromatic carboxylic acids is 1. The highest BCUT2D eigenvalue weighted by atomic mass is 32.2. The van der Waals surface area contributed by atoms with E-state index in [2.05, 4.69) is 10.6 Å². The molecule has 2 aliphatic rings. The van der Waals surface area contributed by atoms with Crippen LogP contribution in [0.1, 0.15) is 104 Å². The number of aliphatic hydroxyl groups excluding tert-OH is 1. The molecule has 5 N–H and O–H groups in total. The van der Waals surface area contributed by atoms with E-state index < -0.39 is 39.8 Å². The van der Waals surface area contributed by atoms with Crippen LogP contribution in [0.2, 0.25) is 0 Å². The molecule has 12 nitrogen and oxygen atoms in total. The minimum atomic E-state index is -4.11. The van der Waals surface area contributed by atoms with Crippen LogP contribution in [0, 0.1) is 5.92 Å². The van der Waals surface area contributed by atoms with Crippen molar-refractivity contribution in [3.8, 4) is 0 Å². The van der Waals surface area contributed by atoms with Crippen molar-refractivity contribution in [2.75, 3.05) is 23.8 Å². The molecule has 56 heavy (non-hydrogen) atoms. The van der Waals surface area contributed by atoms with Crippen LogP contribution in [0.3, 0.4) is 0 Å². The molecule has 0 atom stereocenters. The first-order chi connectivity index (χ1) is 26.9. The minimum absolute atomic E-state index is 0.0616. The third kappa shape index (κ3) is 9.73. The highest BCUT2D eigenvalue weighted by Crippen LogP contribution is 2.39. The lowest BCUT2D eigenvalue weighted by atomic mass is 9.86. The summed E-state index contributed by atoms with van der Waals surface area (Å²) in [6, 6.07) is 19.8. The van der Waals surface area contributed by atoms with Gasteiger partial charge in [-0.15, -0.1) is 11.3 Å². The summed E-state index contributed by atoms with van der Waals surface area (Å²) in [5, 5.41) is 34.4. The van der Waals surface area contributed by atoms with Crippen molar-refractivity contribution in [3.63, 3.8) is 0 Å². The van der Waals surface area contributed by atoms with Crippen molar-refractivity contribution in [1.29, 1.82) is 0 Å². The highest BCUT2D eigenvalue weighted by Gasteiger charge is 2.36. The second kappa shape index (κ2) is 18.4. The molecule has 1 heterocycles. The summed E-state index contributed by atoms with van der Waals surface area (Å²) in [5.74, 6) is -3.25. The molecule has 2 amide bonds. The number of aliphatic hydroxyl groups is 1. The minimum Gasteiger partial charge on any atom is -0.481 e. The number of carbonyl (C=O) groups is 4. The lowest BCUT2D eigenvalue weighted by molar-refractivity contribution is -0.143. The van der Waals surface area contributed by atoms with Gasteiger partial charge in [-0.25, -0.2) is 13.2 Å². The Morgan fingerprint density at radius 1 is 0.768 bits per heavy atom. The molecule has 3 aromatic carbocycles. The molecule has 6 rings (SSSR count). The van der Waals surface area contributed by atoms with Crippen LogP contribution in [0.25, 0.3) is 0 Å². The second-order valence-electron chi connectivity index (χ2n) is 14.4. The van der Waals surface area contributed by atoms with Gasteiger partial charge in [-0.05, 0) is 136 Å². The van der Waals surface area contributed by atoms with Crippen molar-refractivity contribution >= 4 is 55.8 Å². The predicted molar refractivity (Wildman–Crippen MR) is 214 cm³/mol. The van der Waals surface area contributed by atoms with Crippen molar-refractivity contribution in [2.24, 2.45) is 5.92 Å². The Bertz CT molecular complexity index is 2160. The number of hydrogen-bond acceptors (Lipinski definition) is 8. The lowest BCUT2D eigenvalue weighted by Gasteiger charge is -2.35. The molecule has 4 aromatic rings. The summed E-state index contributed by atoms with van der Waals surface area (Å²) < 4.78 is 29.4. The molecule has 0 radical (unpaired) electrons. The molecular formula is C42H47N3O9S2. The zero-order valence-corrected chi connectivity index (χ0v) is 32.7. The van der Waals surface area contributed by atoms with Crippen molar-refractivity contribution in [1.82, 2.24) is 4.31 Å². The van der Waals surface area contributed by atoms with E-state index in [9.17, 15) is 37.8 Å². The first-order valence-electron chi connectivity index (χ1n) is 19.1. The maximum Gasteiger partial charge on any atom is 0.335 e. The monoisotopic (exact) mass is 801 g/mol. The fourth-order valence-corrected chi connectivity index (χ4v) is 10.6. The van der Waals surface area contributed by atoms with E-state index in [1.165, 1.54) is 39.9 Å². The van der Waals surface area contributed by atoms with Gasteiger partial charge < -0.3 is 26.0 Å². The van der Waals surface area contributed by atoms with E-state index in [1.807, 2.05) is 36.4 Å². The average molecular weight is 802 g/mol. The number of rotatable bonds is 16. The third-order valence-corrected chi connectivity index (χ3v) is 13.8. The Kier molecular flexibility index (Phi) is 13.4. The van der Waals surface area contributed by atoms with Gasteiger partial charge in [-0.1, -0.05) is 30.3 Å². The number of carboxylic acid groups (broad SMARTS) is 2. The van der Waals surface area contributed by atoms with Crippen LogP contribution in [-0.4, -0.2) is 71.0 Å². The number of anilines is 2. The maximum absolute atomic E-state index is 14.0. The Hall–Kier alpha value is -4.89. The number of carboxylic acids is 2. The van der Waals surface area contributed by atoms with E-state index in [-0.39, 0.29) is 41.5 Å². The molecule has 0 bridgehead atoms. The van der Waals surface area contributed by atoms with Crippen molar-refractivity contribution in [3.05, 3.63) is 111 Å². The molecule has 14 heteroatoms. The smallest absolute Gasteiger partial charge is 0.335 e. The summed E-state index contributed by atoms with van der Waals surface area (Å²) >= 11 is 1.37. The zero-order valence-electron chi connectivity index (χ0n) is 31.0. The van der Waals surface area contributed by atoms with E-state index >= 15 is 0 Å². The first kappa shape index (κ1) is 40.8. The summed E-state index contributed by atoms with van der Waals surface area (Å²) in [5.41, 5.74) is 4.45. The summed E-state index contributed by atoms with van der Waals surface area (Å²) in [6.07, 6.45) is 7.55. The van der Waals surface area contributed by atoms with Crippen LogP contribution in [-0.2, 0) is 40.5 Å². The highest BCUT2D eigenvalue weighted by molar-refractivity contribution is 7.89. The van der Waals surface area contributed by atoms with E-state index in [4.69, 9.17) is 5.11 Å². The van der Waals surface area contributed by atoms with Crippen molar-refractivity contribution < 1.29 is 42.9 Å². The Labute approximate surface area is 330 Å². The quantitative estimate of drug-likeness (QED) is 0.0793. The maximum atomic E-state index is 14.0. The zero-order chi connectivity index (χ0) is 39.8. The number of benzene rings is 3. The summed E-state index contributed by atoms with van der Waals surface area (Å²) in [4.78, 5) is 51.3. The summed E-state index contributed by atoms with van der Waals surface area (Å²) in [6.45, 7) is -0.146. The summed E-state index contributed by atoms with van der Waals surface area (Å²) in [7, 11) is -4.11. The molecule has 2 aliphatic carbocycles. The SMILES string of the molecule is O=C(O)c1ccc(CCCc2ccc(NC(=O)c3c(NC(=O)c4cccc(S(=O)(=O)N(CCCO)C5CCC(C(=O)O)CC5)c4)sc4c3CCCC4)cc2)cc1. The molecule has 0 unspecified atom stereocenters. The van der Waals surface area contributed by atoms with E-state index in [0.717, 1.165) is 60.1 Å². The average Bonchev–Trinajstić information content (AvgIpc) is 3.57. The Balaban J connectivity index is 1.14. The van der Waals surface area contributed by atoms with Gasteiger partial charge in [0.1, 0.15) is 5.00 Å². The second-order valence-corrected chi connectivity index (χ2v) is 17.4. The third-order valence-electron chi connectivity index (χ3n) is 10.7. The Morgan fingerprint density at radius 2 is 1.43 bits per heavy atom. The van der Waals surface area contributed by atoms with Crippen LogP contribution in [0.4, 0.5) is 10.7 Å². The number of aryl methyl sites for hydroxylation is 3. The van der Waals surface area contributed by atoms with Gasteiger partial charge in [-0.3, -0.25) is 14.4 Å². The molecule has 1 aromatic heterocycles. The normalized spacial score (nSPS) is 16.9. The van der Waals surface area contributed by atoms with Crippen LogP contribution >= 0.6 is 11.3 Å². The van der Waals surface area contributed by atoms with Crippen LogP contribution in [0.5, 0.6) is 0 Å². The Morgan fingerprint density at radius 3 is 2.07 bits per heavy atom. The van der Waals surface area contributed by atoms with E-state index in [1.54, 1.807) is 12.1 Å². The van der Waals surface area contributed by atoms with Gasteiger partial charge in [-0.2, -0.15) is 4.31 Å². The van der Waals surface area contributed by atoms with E-state index in [0.29, 0.717) is 48.4 Å². The first-order valence-corrected chi connectivity index (χ1v) is 21.3. The number of nitrogens with one attached hydrogen (secondary N) is 2. The van der Waals surface area contributed by atoms with Gasteiger partial charge in [0.05, 0.1) is 21.9 Å². The number of sulfonamides is 1. The number of fused-ring (bicyclic) bond motifs is 1. The lowest BCUT2D eigenvalue weighted by Crippen LogP contribution is -2.43. The van der Waals surface area contributed by atoms with Gasteiger partial charge in [0.2, 0.25) is 10.0 Å². The molecule has 0 saturated heterocycles. The molecular weight excluding hydrogens is 755 g/mol. The molecule has 296 valence electrons. The molecule has 0 spiro atoms. The number of carbonyl (C=O) groups excluding carboxylic acids is 2. The number of amides is 2. The predicted octanol–water partition coefficient (Wildman–Crippen LogP) is 7.02. The largest absolute Gasteiger partial charge is 0.481 e. The number of aliphatic carboxylic acids is 1. The van der Waals surface area contributed by atoms with Crippen molar-refractivity contribution in [2.45, 2.75) is 88.0 Å². The van der Waals surface area contributed by atoms with Gasteiger partial charge >= 0.3 is 11.9 Å². The fourth-order valence-electron chi connectivity index (χ4n) is 7.60. The topological polar surface area (TPSA) is 190 Å². The van der Waals surface area contributed by atoms with Crippen LogP contribution < -0.4 is 10.6 Å². The number of nitrogens with zero attached hydrogens (tertiary/aromatic N) is 1. The molecule has 0 aliphatic heterocycles. The fraction of sp³-hybridized carbons (Fsp3) is 0.381. The number of thiophene rings is 1.